The number of carbonyl (C=O) groups excluding carboxylic acids is 2. The lowest BCUT2D eigenvalue weighted by Crippen LogP contribution is -2.42. The topological polar surface area (TPSA) is 70.7 Å². The number of hydrogen-bond donors (Lipinski definition) is 2. The zero-order chi connectivity index (χ0) is 18.8. The van der Waals surface area contributed by atoms with E-state index in [0.717, 1.165) is 29.1 Å². The number of amides is 2. The minimum Gasteiger partial charge on any atom is -0.493 e. The Balaban J connectivity index is 1.51. The van der Waals surface area contributed by atoms with Gasteiger partial charge in [0.15, 0.2) is 0 Å². The molecule has 0 saturated carbocycles. The normalized spacial score (nSPS) is 21.2. The van der Waals surface area contributed by atoms with Crippen molar-refractivity contribution >= 4 is 23.2 Å². The van der Waals surface area contributed by atoms with Crippen LogP contribution >= 0.6 is 0 Å². The van der Waals surface area contributed by atoms with Crippen molar-refractivity contribution in [3.05, 3.63) is 54.1 Å². The summed E-state index contributed by atoms with van der Waals surface area (Å²) in [5, 5.41) is 6.07. The van der Waals surface area contributed by atoms with Crippen LogP contribution in [0.3, 0.4) is 0 Å². The Morgan fingerprint density at radius 1 is 1.22 bits per heavy atom. The van der Waals surface area contributed by atoms with E-state index in [0.29, 0.717) is 13.2 Å². The number of nitrogens with zero attached hydrogens (tertiary/aromatic N) is 1. The van der Waals surface area contributed by atoms with E-state index in [9.17, 15) is 9.59 Å². The third-order valence-electron chi connectivity index (χ3n) is 5.07. The fraction of sp³-hybridized carbons (Fsp3) is 0.333. The number of para-hydroxylation sites is 3. The third kappa shape index (κ3) is 3.60. The Morgan fingerprint density at radius 2 is 2.00 bits per heavy atom. The molecule has 2 aromatic carbocycles. The summed E-state index contributed by atoms with van der Waals surface area (Å²) in [6.07, 6.45) is 0.746. The molecule has 0 radical (unpaired) electrons. The van der Waals surface area contributed by atoms with Gasteiger partial charge in [-0.2, -0.15) is 0 Å². The van der Waals surface area contributed by atoms with Crippen molar-refractivity contribution in [1.82, 2.24) is 5.32 Å². The Hall–Kier alpha value is -3.02. The number of ether oxygens (including phenoxy) is 1. The zero-order valence-corrected chi connectivity index (χ0v) is 15.3. The first-order chi connectivity index (χ1) is 13.1. The summed E-state index contributed by atoms with van der Waals surface area (Å²) in [6, 6.07) is 15.4. The number of rotatable bonds is 3. The lowest BCUT2D eigenvalue weighted by molar-refractivity contribution is -0.121. The molecular weight excluding hydrogens is 342 g/mol. The zero-order valence-electron chi connectivity index (χ0n) is 15.3. The molecule has 2 amide bonds. The minimum absolute atomic E-state index is 0.0243. The van der Waals surface area contributed by atoms with E-state index in [1.54, 1.807) is 0 Å². The van der Waals surface area contributed by atoms with E-state index in [2.05, 4.69) is 10.6 Å². The van der Waals surface area contributed by atoms with Gasteiger partial charge in [0.25, 0.3) is 0 Å². The predicted octanol–water partition coefficient (Wildman–Crippen LogP) is 2.72. The summed E-state index contributed by atoms with van der Waals surface area (Å²) < 4.78 is 5.67. The first-order valence-corrected chi connectivity index (χ1v) is 9.28. The smallest absolute Gasteiger partial charge is 0.240 e. The fourth-order valence-electron chi connectivity index (χ4n) is 3.68. The van der Waals surface area contributed by atoms with Crippen LogP contribution in [0.15, 0.2) is 48.5 Å². The molecule has 2 atom stereocenters. The van der Waals surface area contributed by atoms with Gasteiger partial charge in [-0.25, -0.2) is 0 Å². The summed E-state index contributed by atoms with van der Waals surface area (Å²) >= 11 is 0. The van der Waals surface area contributed by atoms with Crippen molar-refractivity contribution < 1.29 is 14.3 Å². The molecule has 27 heavy (non-hydrogen) atoms. The number of hydrogen-bond acceptors (Lipinski definition) is 4. The Labute approximate surface area is 158 Å². The largest absolute Gasteiger partial charge is 0.493 e. The Morgan fingerprint density at radius 3 is 2.89 bits per heavy atom. The molecule has 0 saturated heterocycles. The maximum Gasteiger partial charge on any atom is 0.240 e. The van der Waals surface area contributed by atoms with Crippen molar-refractivity contribution in [1.29, 1.82) is 0 Å². The lowest BCUT2D eigenvalue weighted by Gasteiger charge is -2.29. The maximum absolute atomic E-state index is 12.8. The molecule has 0 bridgehead atoms. The standard InChI is InChI=1S/C21H23N3O3/c1-14-12-24(18-8-4-3-7-17(18)23-21(14)26)13-20(25)22-16-10-11-27-19-9-5-2-6-15(16)19/h2-9,14,16H,10-13H2,1H3,(H,22,25)(H,23,26). The van der Waals surface area contributed by atoms with Gasteiger partial charge in [0, 0.05) is 18.5 Å². The van der Waals surface area contributed by atoms with Gasteiger partial charge in [-0.15, -0.1) is 0 Å². The van der Waals surface area contributed by atoms with Crippen LogP contribution in [0.25, 0.3) is 0 Å². The van der Waals surface area contributed by atoms with Crippen molar-refractivity contribution in [2.45, 2.75) is 19.4 Å². The van der Waals surface area contributed by atoms with Crippen LogP contribution in [0.2, 0.25) is 0 Å². The summed E-state index contributed by atoms with van der Waals surface area (Å²) in [5.74, 6) is 0.545. The van der Waals surface area contributed by atoms with Crippen molar-refractivity contribution in [2.24, 2.45) is 5.92 Å². The summed E-state index contributed by atoms with van der Waals surface area (Å²) in [6.45, 7) is 3.17. The number of benzene rings is 2. The highest BCUT2D eigenvalue weighted by molar-refractivity contribution is 5.98. The second kappa shape index (κ2) is 7.31. The van der Waals surface area contributed by atoms with Crippen LogP contribution < -0.4 is 20.3 Å². The van der Waals surface area contributed by atoms with E-state index >= 15 is 0 Å². The Kier molecular flexibility index (Phi) is 4.71. The van der Waals surface area contributed by atoms with Crippen molar-refractivity contribution in [3.63, 3.8) is 0 Å². The first-order valence-electron chi connectivity index (χ1n) is 9.28. The molecule has 6 heteroatoms. The van der Waals surface area contributed by atoms with E-state index < -0.39 is 0 Å². The van der Waals surface area contributed by atoms with E-state index in [-0.39, 0.29) is 30.3 Å². The minimum atomic E-state index is -0.200. The average Bonchev–Trinajstić information content (AvgIpc) is 2.79. The number of carbonyl (C=O) groups is 2. The molecule has 2 aromatic rings. The summed E-state index contributed by atoms with van der Waals surface area (Å²) in [7, 11) is 0. The first kappa shape index (κ1) is 17.4. The molecule has 2 aliphatic rings. The highest BCUT2D eigenvalue weighted by Crippen LogP contribution is 2.32. The van der Waals surface area contributed by atoms with Gasteiger partial charge in [-0.1, -0.05) is 37.3 Å². The maximum atomic E-state index is 12.8. The molecule has 140 valence electrons. The highest BCUT2D eigenvalue weighted by atomic mass is 16.5. The van der Waals surface area contributed by atoms with Crippen molar-refractivity contribution in [2.75, 3.05) is 29.9 Å². The fourth-order valence-corrected chi connectivity index (χ4v) is 3.68. The van der Waals surface area contributed by atoms with Crippen LogP contribution in [-0.2, 0) is 9.59 Å². The molecule has 0 aromatic heterocycles. The van der Waals surface area contributed by atoms with Crippen LogP contribution in [0.1, 0.15) is 24.9 Å². The van der Waals surface area contributed by atoms with Gasteiger partial charge >= 0.3 is 0 Å². The average molecular weight is 365 g/mol. The van der Waals surface area contributed by atoms with Gasteiger partial charge in [0.2, 0.25) is 11.8 Å². The molecule has 2 aliphatic heterocycles. The SMILES string of the molecule is CC1CN(CC(=O)NC2CCOc3ccccc32)c2ccccc2NC1=O. The van der Waals surface area contributed by atoms with Crippen molar-refractivity contribution in [3.8, 4) is 5.75 Å². The van der Waals surface area contributed by atoms with E-state index in [4.69, 9.17) is 4.74 Å². The van der Waals surface area contributed by atoms with Crippen LogP contribution in [-0.4, -0.2) is 31.5 Å². The van der Waals surface area contributed by atoms with Gasteiger partial charge in [-0.05, 0) is 18.2 Å². The van der Waals surface area contributed by atoms with Gasteiger partial charge < -0.3 is 20.3 Å². The monoisotopic (exact) mass is 365 g/mol. The lowest BCUT2D eigenvalue weighted by atomic mass is 10.0. The molecule has 2 N–H and O–H groups in total. The molecule has 6 nitrogen and oxygen atoms in total. The molecule has 2 unspecified atom stereocenters. The number of fused-ring (bicyclic) bond motifs is 2. The second-order valence-corrected chi connectivity index (χ2v) is 7.08. The number of anilines is 2. The molecule has 2 heterocycles. The predicted molar refractivity (Wildman–Crippen MR) is 104 cm³/mol. The molecular formula is C21H23N3O3. The second-order valence-electron chi connectivity index (χ2n) is 7.08. The molecule has 0 spiro atoms. The van der Waals surface area contributed by atoms with E-state index in [1.165, 1.54) is 0 Å². The molecule has 0 aliphatic carbocycles. The summed E-state index contributed by atoms with van der Waals surface area (Å²) in [4.78, 5) is 27.0. The third-order valence-corrected chi connectivity index (χ3v) is 5.07. The number of nitrogens with one attached hydrogen (secondary N) is 2. The Bertz CT molecular complexity index is 867. The van der Waals surface area contributed by atoms with Gasteiger partial charge in [0.1, 0.15) is 5.75 Å². The summed E-state index contributed by atoms with van der Waals surface area (Å²) in [5.41, 5.74) is 2.63. The van der Waals surface area contributed by atoms with Crippen LogP contribution in [0.5, 0.6) is 5.75 Å². The van der Waals surface area contributed by atoms with Gasteiger partial charge in [0.05, 0.1) is 36.5 Å². The van der Waals surface area contributed by atoms with E-state index in [1.807, 2.05) is 60.4 Å². The van der Waals surface area contributed by atoms with Crippen LogP contribution in [0, 0.1) is 5.92 Å². The molecule has 4 rings (SSSR count). The highest BCUT2D eigenvalue weighted by Gasteiger charge is 2.27. The molecule has 0 fully saturated rings. The van der Waals surface area contributed by atoms with Gasteiger partial charge in [-0.3, -0.25) is 9.59 Å². The van der Waals surface area contributed by atoms with Crippen LogP contribution in [0.4, 0.5) is 11.4 Å². The quantitative estimate of drug-likeness (QED) is 0.877.